The van der Waals surface area contributed by atoms with Crippen LogP contribution in [0.5, 0.6) is 5.75 Å². The van der Waals surface area contributed by atoms with Crippen LogP contribution in [0.25, 0.3) is 0 Å². The normalized spacial score (nSPS) is 14.9. The van der Waals surface area contributed by atoms with E-state index in [1.807, 2.05) is 26.0 Å². The van der Waals surface area contributed by atoms with Crippen molar-refractivity contribution in [1.29, 1.82) is 0 Å². The molecule has 0 aromatic heterocycles. The lowest BCUT2D eigenvalue weighted by Crippen LogP contribution is -2.24. The van der Waals surface area contributed by atoms with Gasteiger partial charge in [0, 0.05) is 12.0 Å². The van der Waals surface area contributed by atoms with Crippen molar-refractivity contribution < 1.29 is 9.84 Å². The lowest BCUT2D eigenvalue weighted by Gasteiger charge is -2.27. The summed E-state index contributed by atoms with van der Waals surface area (Å²) in [5.41, 5.74) is 1.46. The molecule has 1 aromatic carbocycles. The molecule has 1 aliphatic rings. The molecule has 0 atom stereocenters. The average molecular weight is 206 g/mol. The van der Waals surface area contributed by atoms with E-state index < -0.39 is 5.60 Å². The maximum Gasteiger partial charge on any atom is 0.128 e. The fraction of sp³-hybridized carbons (Fsp3) is 0.538. The first-order valence-corrected chi connectivity index (χ1v) is 5.69. The highest BCUT2D eigenvalue weighted by Crippen LogP contribution is 2.39. The number of rotatable bonds is 3. The first kappa shape index (κ1) is 10.5. The standard InChI is InChI=1S/C13H18O2/c1-3-13(14,4-2)11-7-5-6-10-8-9-15-12(10)11/h5-7,14H,3-4,8-9H2,1-2H3. The minimum absolute atomic E-state index is 0.726. The van der Waals surface area contributed by atoms with E-state index in [9.17, 15) is 5.11 Å². The van der Waals surface area contributed by atoms with Gasteiger partial charge in [-0.3, -0.25) is 0 Å². The van der Waals surface area contributed by atoms with Crippen molar-refractivity contribution in [2.75, 3.05) is 6.61 Å². The van der Waals surface area contributed by atoms with Crippen molar-refractivity contribution in [3.05, 3.63) is 29.3 Å². The maximum absolute atomic E-state index is 10.5. The lowest BCUT2D eigenvalue weighted by molar-refractivity contribution is 0.0260. The number of aliphatic hydroxyl groups is 1. The topological polar surface area (TPSA) is 29.5 Å². The predicted molar refractivity (Wildman–Crippen MR) is 60.1 cm³/mol. The van der Waals surface area contributed by atoms with Crippen LogP contribution in [0.1, 0.15) is 37.8 Å². The molecule has 2 rings (SSSR count). The zero-order valence-corrected chi connectivity index (χ0v) is 9.42. The summed E-state index contributed by atoms with van der Waals surface area (Å²) in [5, 5.41) is 10.5. The second-order valence-electron chi connectivity index (χ2n) is 4.13. The highest BCUT2D eigenvalue weighted by molar-refractivity contribution is 5.46. The van der Waals surface area contributed by atoms with E-state index in [4.69, 9.17) is 4.74 Å². The van der Waals surface area contributed by atoms with Gasteiger partial charge in [-0.15, -0.1) is 0 Å². The summed E-state index contributed by atoms with van der Waals surface area (Å²) in [7, 11) is 0. The number of para-hydroxylation sites is 1. The molecule has 0 saturated heterocycles. The van der Waals surface area contributed by atoms with E-state index in [-0.39, 0.29) is 0 Å². The smallest absolute Gasteiger partial charge is 0.128 e. The summed E-state index contributed by atoms with van der Waals surface area (Å²) in [6, 6.07) is 6.08. The third-order valence-electron chi connectivity index (χ3n) is 3.39. The maximum atomic E-state index is 10.5. The number of fused-ring (bicyclic) bond motifs is 1. The Morgan fingerprint density at radius 2 is 2.07 bits per heavy atom. The highest BCUT2D eigenvalue weighted by Gasteiger charge is 2.30. The van der Waals surface area contributed by atoms with Crippen LogP contribution in [0.4, 0.5) is 0 Å². The van der Waals surface area contributed by atoms with Crippen molar-refractivity contribution in [3.63, 3.8) is 0 Å². The summed E-state index contributed by atoms with van der Waals surface area (Å²) < 4.78 is 5.62. The Morgan fingerprint density at radius 1 is 1.33 bits per heavy atom. The fourth-order valence-corrected chi connectivity index (χ4v) is 2.21. The quantitative estimate of drug-likeness (QED) is 0.823. The van der Waals surface area contributed by atoms with Gasteiger partial charge in [-0.1, -0.05) is 32.0 Å². The van der Waals surface area contributed by atoms with Gasteiger partial charge in [-0.2, -0.15) is 0 Å². The number of hydrogen-bond acceptors (Lipinski definition) is 2. The molecule has 0 aliphatic carbocycles. The van der Waals surface area contributed by atoms with Gasteiger partial charge < -0.3 is 9.84 Å². The SMILES string of the molecule is CCC(O)(CC)c1cccc2c1OCC2. The Labute approximate surface area is 90.9 Å². The van der Waals surface area contributed by atoms with Crippen LogP contribution in [0, 0.1) is 0 Å². The monoisotopic (exact) mass is 206 g/mol. The molecule has 1 heterocycles. The van der Waals surface area contributed by atoms with Gasteiger partial charge in [0.05, 0.1) is 12.2 Å². The molecule has 2 nitrogen and oxygen atoms in total. The Kier molecular flexibility index (Phi) is 2.70. The van der Waals surface area contributed by atoms with Crippen molar-refractivity contribution in [3.8, 4) is 5.75 Å². The van der Waals surface area contributed by atoms with Gasteiger partial charge in [-0.05, 0) is 18.4 Å². The first-order valence-electron chi connectivity index (χ1n) is 5.69. The van der Waals surface area contributed by atoms with Crippen molar-refractivity contribution in [2.45, 2.75) is 38.7 Å². The van der Waals surface area contributed by atoms with Gasteiger partial charge in [0.2, 0.25) is 0 Å². The second-order valence-corrected chi connectivity index (χ2v) is 4.13. The summed E-state index contributed by atoms with van der Waals surface area (Å²) in [5.74, 6) is 0.920. The van der Waals surface area contributed by atoms with E-state index in [0.717, 1.165) is 37.2 Å². The molecular formula is C13H18O2. The van der Waals surface area contributed by atoms with Gasteiger partial charge in [0.1, 0.15) is 5.75 Å². The minimum Gasteiger partial charge on any atom is -0.493 e. The molecule has 0 amide bonds. The Bertz CT molecular complexity index is 354. The third-order valence-corrected chi connectivity index (χ3v) is 3.39. The summed E-state index contributed by atoms with van der Waals surface area (Å²) in [4.78, 5) is 0. The van der Waals surface area contributed by atoms with Crippen LogP contribution in [0.15, 0.2) is 18.2 Å². The van der Waals surface area contributed by atoms with Crippen LogP contribution in [0.2, 0.25) is 0 Å². The van der Waals surface area contributed by atoms with Gasteiger partial charge in [-0.25, -0.2) is 0 Å². The summed E-state index contributed by atoms with van der Waals surface area (Å²) >= 11 is 0. The first-order chi connectivity index (χ1) is 7.21. The third kappa shape index (κ3) is 1.63. The largest absolute Gasteiger partial charge is 0.493 e. The van der Waals surface area contributed by atoms with Crippen LogP contribution >= 0.6 is 0 Å². The molecule has 0 radical (unpaired) electrons. The van der Waals surface area contributed by atoms with Crippen LogP contribution in [-0.2, 0) is 12.0 Å². The second kappa shape index (κ2) is 3.86. The van der Waals surface area contributed by atoms with Crippen LogP contribution in [0.3, 0.4) is 0 Å². The minimum atomic E-state index is -0.727. The van der Waals surface area contributed by atoms with Gasteiger partial charge in [0.25, 0.3) is 0 Å². The number of benzene rings is 1. The number of hydrogen-bond donors (Lipinski definition) is 1. The highest BCUT2D eigenvalue weighted by atomic mass is 16.5. The Morgan fingerprint density at radius 3 is 2.73 bits per heavy atom. The molecule has 0 unspecified atom stereocenters. The molecule has 1 N–H and O–H groups in total. The molecule has 15 heavy (non-hydrogen) atoms. The molecule has 0 fully saturated rings. The van der Waals surface area contributed by atoms with Crippen LogP contribution in [-0.4, -0.2) is 11.7 Å². The van der Waals surface area contributed by atoms with Gasteiger partial charge in [0.15, 0.2) is 0 Å². The Hall–Kier alpha value is -1.02. The van der Waals surface area contributed by atoms with E-state index in [1.54, 1.807) is 0 Å². The van der Waals surface area contributed by atoms with E-state index in [2.05, 4.69) is 6.07 Å². The fourth-order valence-electron chi connectivity index (χ4n) is 2.21. The molecule has 1 aliphatic heterocycles. The van der Waals surface area contributed by atoms with Crippen molar-refractivity contribution in [2.24, 2.45) is 0 Å². The molecule has 0 bridgehead atoms. The van der Waals surface area contributed by atoms with Crippen LogP contribution < -0.4 is 4.74 Å². The molecule has 0 saturated carbocycles. The van der Waals surface area contributed by atoms with Gasteiger partial charge >= 0.3 is 0 Å². The molecule has 0 spiro atoms. The predicted octanol–water partition coefficient (Wildman–Crippen LogP) is 2.63. The van der Waals surface area contributed by atoms with Crippen molar-refractivity contribution >= 4 is 0 Å². The molecule has 82 valence electrons. The molecule has 1 aromatic rings. The van der Waals surface area contributed by atoms with Crippen molar-refractivity contribution in [1.82, 2.24) is 0 Å². The number of ether oxygens (including phenoxy) is 1. The summed E-state index contributed by atoms with van der Waals surface area (Å²) in [6.45, 7) is 4.77. The lowest BCUT2D eigenvalue weighted by atomic mass is 9.87. The zero-order valence-electron chi connectivity index (χ0n) is 9.42. The zero-order chi connectivity index (χ0) is 10.9. The summed E-state index contributed by atoms with van der Waals surface area (Å²) in [6.07, 6.45) is 2.42. The van der Waals surface area contributed by atoms with E-state index >= 15 is 0 Å². The molecule has 2 heteroatoms. The Balaban J connectivity index is 2.48. The van der Waals surface area contributed by atoms with E-state index in [1.165, 1.54) is 5.56 Å². The van der Waals surface area contributed by atoms with E-state index in [0.29, 0.717) is 0 Å². The molecular weight excluding hydrogens is 188 g/mol. The average Bonchev–Trinajstić information content (AvgIpc) is 2.75.